The minimum atomic E-state index is -1.04. The van der Waals surface area contributed by atoms with Gasteiger partial charge in [0.25, 0.3) is 0 Å². The lowest BCUT2D eigenvalue weighted by Crippen LogP contribution is -2.14. The predicted octanol–water partition coefficient (Wildman–Crippen LogP) is 4.99. The molecule has 5 nitrogen and oxygen atoms in total. The number of carboxylic acids is 1. The van der Waals surface area contributed by atoms with Gasteiger partial charge < -0.3 is 9.67 Å². The summed E-state index contributed by atoms with van der Waals surface area (Å²) in [4.78, 5) is 20.5. The Kier molecular flexibility index (Phi) is 5.65. The third-order valence-corrected chi connectivity index (χ3v) is 5.26. The zero-order valence-corrected chi connectivity index (χ0v) is 16.8. The van der Waals surface area contributed by atoms with E-state index in [1.165, 1.54) is 0 Å². The van der Waals surface area contributed by atoms with Gasteiger partial charge in [-0.2, -0.15) is 0 Å². The lowest BCUT2D eigenvalue weighted by atomic mass is 10.2. The Labute approximate surface area is 168 Å². The summed E-state index contributed by atoms with van der Waals surface area (Å²) in [5, 5.41) is 10.7. The largest absolute Gasteiger partial charge is 0.477 e. The first-order chi connectivity index (χ1) is 12.4. The van der Waals surface area contributed by atoms with Crippen molar-refractivity contribution in [1.82, 2.24) is 14.5 Å². The van der Waals surface area contributed by atoms with Gasteiger partial charge in [-0.15, -0.1) is 0 Å². The molecule has 0 radical (unpaired) electrons. The molecule has 0 spiro atoms. The van der Waals surface area contributed by atoms with E-state index in [0.717, 1.165) is 11.1 Å². The van der Waals surface area contributed by atoms with Gasteiger partial charge in [0.1, 0.15) is 10.4 Å². The maximum atomic E-state index is 11.8. The molecule has 0 aliphatic rings. The zero-order valence-electron chi connectivity index (χ0n) is 13.7. The normalized spacial score (nSPS) is 10.9. The number of nitrogens with zero attached hydrogens (tertiary/aromatic N) is 3. The van der Waals surface area contributed by atoms with Crippen LogP contribution in [0.5, 0.6) is 0 Å². The van der Waals surface area contributed by atoms with E-state index in [9.17, 15) is 9.90 Å². The topological polar surface area (TPSA) is 68.0 Å². The molecule has 2 heterocycles. The Morgan fingerprint density at radius 1 is 1.27 bits per heavy atom. The van der Waals surface area contributed by atoms with Crippen molar-refractivity contribution < 1.29 is 9.90 Å². The Morgan fingerprint density at radius 3 is 2.73 bits per heavy atom. The van der Waals surface area contributed by atoms with Crippen molar-refractivity contribution in [2.45, 2.75) is 19.9 Å². The molecule has 8 heteroatoms. The van der Waals surface area contributed by atoms with Crippen molar-refractivity contribution in [3.05, 3.63) is 79.5 Å². The summed E-state index contributed by atoms with van der Waals surface area (Å²) in [7, 11) is 0. The number of hydrogen-bond donors (Lipinski definition) is 1. The quantitative estimate of drug-likeness (QED) is 0.551. The molecule has 2 aromatic heterocycles. The first-order valence-electron chi connectivity index (χ1n) is 7.69. The standard InChI is InChI=1S/C18H14BrCl2N3O2/c1-10-16(18(25)26)24(9-12-7-13(20)4-5-14(12)21)15(23-10)8-11-3-2-6-22-17(11)19/h2-7H,8-9H2,1H3,(H,25,26). The molecule has 3 aromatic rings. The molecule has 0 bridgehead atoms. The Bertz CT molecular complexity index is 989. The number of halogens is 3. The summed E-state index contributed by atoms with van der Waals surface area (Å²) >= 11 is 15.7. The van der Waals surface area contributed by atoms with Gasteiger partial charge in [0.2, 0.25) is 0 Å². The van der Waals surface area contributed by atoms with E-state index in [4.69, 9.17) is 23.2 Å². The molecule has 0 amide bonds. The van der Waals surface area contributed by atoms with Gasteiger partial charge in [0.15, 0.2) is 5.69 Å². The summed E-state index contributed by atoms with van der Waals surface area (Å²) in [5.74, 6) is -0.422. The van der Waals surface area contributed by atoms with E-state index in [-0.39, 0.29) is 12.2 Å². The van der Waals surface area contributed by atoms with Crippen LogP contribution in [0.3, 0.4) is 0 Å². The predicted molar refractivity (Wildman–Crippen MR) is 104 cm³/mol. The minimum absolute atomic E-state index is 0.135. The summed E-state index contributed by atoms with van der Waals surface area (Å²) in [5.41, 5.74) is 2.22. The van der Waals surface area contributed by atoms with E-state index in [0.29, 0.717) is 32.6 Å². The van der Waals surface area contributed by atoms with Crippen LogP contribution in [0.15, 0.2) is 41.1 Å². The Morgan fingerprint density at radius 2 is 2.04 bits per heavy atom. The molecule has 0 saturated heterocycles. The van der Waals surface area contributed by atoms with Crippen LogP contribution in [0.2, 0.25) is 10.0 Å². The monoisotopic (exact) mass is 453 g/mol. The number of carbonyl (C=O) groups is 1. The summed E-state index contributed by atoms with van der Waals surface area (Å²) in [6.45, 7) is 1.94. The molecule has 134 valence electrons. The molecule has 3 rings (SSSR count). The van der Waals surface area contributed by atoms with Crippen LogP contribution in [0.1, 0.15) is 33.1 Å². The number of aromatic carboxylic acids is 1. The number of aromatic nitrogens is 3. The maximum absolute atomic E-state index is 11.8. The van der Waals surface area contributed by atoms with Gasteiger partial charge in [-0.25, -0.2) is 14.8 Å². The van der Waals surface area contributed by atoms with E-state index in [1.54, 1.807) is 35.9 Å². The first-order valence-corrected chi connectivity index (χ1v) is 9.24. The van der Waals surface area contributed by atoms with E-state index in [2.05, 4.69) is 25.9 Å². The molecule has 0 aliphatic heterocycles. The zero-order chi connectivity index (χ0) is 18.8. The van der Waals surface area contributed by atoms with Crippen molar-refractivity contribution in [3.8, 4) is 0 Å². The number of hydrogen-bond acceptors (Lipinski definition) is 3. The second-order valence-electron chi connectivity index (χ2n) is 5.72. The first kappa shape index (κ1) is 18.9. The smallest absolute Gasteiger partial charge is 0.354 e. The van der Waals surface area contributed by atoms with E-state index >= 15 is 0 Å². The van der Waals surface area contributed by atoms with Crippen molar-refractivity contribution in [2.24, 2.45) is 0 Å². The van der Waals surface area contributed by atoms with Crippen molar-refractivity contribution in [2.75, 3.05) is 0 Å². The SMILES string of the molecule is Cc1nc(Cc2cccnc2Br)n(Cc2cc(Cl)ccc2Cl)c1C(=O)O. The molecule has 0 aliphatic carbocycles. The van der Waals surface area contributed by atoms with E-state index < -0.39 is 5.97 Å². The lowest BCUT2D eigenvalue weighted by molar-refractivity contribution is 0.0684. The fourth-order valence-corrected chi connectivity index (χ4v) is 3.53. The van der Waals surface area contributed by atoms with E-state index in [1.807, 2.05) is 12.1 Å². The van der Waals surface area contributed by atoms with Crippen LogP contribution in [0.4, 0.5) is 0 Å². The fraction of sp³-hybridized carbons (Fsp3) is 0.167. The van der Waals surface area contributed by atoms with Gasteiger partial charge >= 0.3 is 5.97 Å². The molecule has 0 saturated carbocycles. The van der Waals surface area contributed by atoms with Crippen LogP contribution in [-0.2, 0) is 13.0 Å². The molecule has 0 unspecified atom stereocenters. The second-order valence-corrected chi connectivity index (χ2v) is 7.31. The fourth-order valence-electron chi connectivity index (χ4n) is 2.76. The van der Waals surface area contributed by atoms with Crippen molar-refractivity contribution >= 4 is 45.1 Å². The number of pyridine rings is 1. The second kappa shape index (κ2) is 7.78. The molecule has 0 atom stereocenters. The van der Waals surface area contributed by atoms with Gasteiger partial charge in [-0.3, -0.25) is 0 Å². The average molecular weight is 455 g/mol. The highest BCUT2D eigenvalue weighted by Crippen LogP contribution is 2.25. The molecular formula is C18H14BrCl2N3O2. The Hall–Kier alpha value is -1.89. The Balaban J connectivity index is 2.08. The summed E-state index contributed by atoms with van der Waals surface area (Å²) in [6.07, 6.45) is 2.11. The van der Waals surface area contributed by atoms with Crippen LogP contribution in [0.25, 0.3) is 0 Å². The number of imidazole rings is 1. The van der Waals surface area contributed by atoms with Gasteiger partial charge in [-0.05, 0) is 58.2 Å². The van der Waals surface area contributed by atoms with Crippen LogP contribution in [0, 0.1) is 6.92 Å². The number of rotatable bonds is 5. The molecule has 1 N–H and O–H groups in total. The summed E-state index contributed by atoms with van der Waals surface area (Å²) < 4.78 is 2.36. The van der Waals surface area contributed by atoms with Gasteiger partial charge in [0.05, 0.1) is 12.2 Å². The number of benzene rings is 1. The maximum Gasteiger partial charge on any atom is 0.354 e. The highest BCUT2D eigenvalue weighted by Gasteiger charge is 2.21. The van der Waals surface area contributed by atoms with Crippen molar-refractivity contribution in [1.29, 1.82) is 0 Å². The highest BCUT2D eigenvalue weighted by molar-refractivity contribution is 9.10. The summed E-state index contributed by atoms with van der Waals surface area (Å²) in [6, 6.07) is 8.86. The van der Waals surface area contributed by atoms with Crippen LogP contribution < -0.4 is 0 Å². The lowest BCUT2D eigenvalue weighted by Gasteiger charge is -2.12. The number of carboxylic acid groups (broad SMARTS) is 1. The molecule has 0 fully saturated rings. The van der Waals surface area contributed by atoms with Crippen molar-refractivity contribution in [3.63, 3.8) is 0 Å². The third kappa shape index (κ3) is 3.92. The molecular weight excluding hydrogens is 441 g/mol. The number of aryl methyl sites for hydroxylation is 1. The van der Waals surface area contributed by atoms with Crippen LogP contribution in [-0.4, -0.2) is 25.6 Å². The average Bonchev–Trinajstić information content (AvgIpc) is 2.88. The molecule has 26 heavy (non-hydrogen) atoms. The highest BCUT2D eigenvalue weighted by atomic mass is 79.9. The minimum Gasteiger partial charge on any atom is -0.477 e. The molecule has 1 aromatic carbocycles. The van der Waals surface area contributed by atoms with Gasteiger partial charge in [0, 0.05) is 22.7 Å². The third-order valence-electron chi connectivity index (χ3n) is 3.94. The van der Waals surface area contributed by atoms with Crippen LogP contribution >= 0.6 is 39.1 Å². The van der Waals surface area contributed by atoms with Gasteiger partial charge in [-0.1, -0.05) is 29.3 Å².